The van der Waals surface area contributed by atoms with Crippen LogP contribution >= 0.6 is 0 Å². The Morgan fingerprint density at radius 3 is 2.32 bits per heavy atom. The van der Waals surface area contributed by atoms with Crippen molar-refractivity contribution in [3.63, 3.8) is 0 Å². The van der Waals surface area contributed by atoms with Gasteiger partial charge in [-0.1, -0.05) is 54.6 Å². The number of benzene rings is 3. The third-order valence-electron chi connectivity index (χ3n) is 5.93. The first-order valence-electron chi connectivity index (χ1n) is 10.4. The van der Waals surface area contributed by atoms with Crippen molar-refractivity contribution in [2.75, 3.05) is 13.1 Å². The number of rotatable bonds is 5. The molecule has 2 unspecified atom stereocenters. The second-order valence-corrected chi connectivity index (χ2v) is 7.99. The van der Waals surface area contributed by atoms with Crippen molar-refractivity contribution in [3.8, 4) is 0 Å². The normalized spacial score (nSPS) is 18.1. The first kappa shape index (κ1) is 20.8. The molecular formula is C26H25FN2O2. The molecule has 1 aliphatic heterocycles. The van der Waals surface area contributed by atoms with Gasteiger partial charge >= 0.3 is 0 Å². The quantitative estimate of drug-likeness (QED) is 0.674. The average Bonchev–Trinajstić information content (AvgIpc) is 3.24. The molecule has 4 nitrogen and oxygen atoms in total. The number of halogens is 1. The molecule has 1 fully saturated rings. The lowest BCUT2D eigenvalue weighted by molar-refractivity contribution is -0.125. The maximum Gasteiger partial charge on any atom is 0.253 e. The van der Waals surface area contributed by atoms with Gasteiger partial charge in [-0.15, -0.1) is 0 Å². The molecule has 0 radical (unpaired) electrons. The largest absolute Gasteiger partial charge is 0.352 e. The Labute approximate surface area is 181 Å². The molecule has 1 heterocycles. The highest BCUT2D eigenvalue weighted by Crippen LogP contribution is 2.35. The molecule has 0 aromatic heterocycles. The monoisotopic (exact) mass is 416 g/mol. The second kappa shape index (κ2) is 9.13. The van der Waals surface area contributed by atoms with Crippen LogP contribution in [0.5, 0.6) is 0 Å². The summed E-state index contributed by atoms with van der Waals surface area (Å²) in [6, 6.07) is 23.3. The highest BCUT2D eigenvalue weighted by molar-refractivity contribution is 5.95. The molecule has 1 saturated heterocycles. The molecular weight excluding hydrogens is 391 g/mol. The van der Waals surface area contributed by atoms with Crippen molar-refractivity contribution in [2.24, 2.45) is 5.92 Å². The summed E-state index contributed by atoms with van der Waals surface area (Å²) in [5.41, 5.74) is 3.64. The molecule has 5 heteroatoms. The summed E-state index contributed by atoms with van der Waals surface area (Å²) >= 11 is 0. The van der Waals surface area contributed by atoms with Crippen LogP contribution < -0.4 is 5.32 Å². The van der Waals surface area contributed by atoms with Crippen molar-refractivity contribution in [1.82, 2.24) is 10.2 Å². The predicted octanol–water partition coefficient (Wildman–Crippen LogP) is 4.31. The van der Waals surface area contributed by atoms with Crippen LogP contribution in [0.2, 0.25) is 0 Å². The van der Waals surface area contributed by atoms with Gasteiger partial charge in [-0.2, -0.15) is 0 Å². The lowest BCUT2D eigenvalue weighted by atomic mass is 9.86. The van der Waals surface area contributed by atoms with Crippen molar-refractivity contribution in [3.05, 3.63) is 107 Å². The highest BCUT2D eigenvalue weighted by atomic mass is 19.1. The zero-order valence-electron chi connectivity index (χ0n) is 17.4. The SMILES string of the molecule is Cc1ccccc1C1CN(C(=O)c2ccc(F)cc2)CC1C(=O)NCc1ccccc1. The van der Waals surface area contributed by atoms with Crippen molar-refractivity contribution in [1.29, 1.82) is 0 Å². The van der Waals surface area contributed by atoms with Gasteiger partial charge in [0.25, 0.3) is 5.91 Å². The summed E-state index contributed by atoms with van der Waals surface area (Å²) in [6.45, 7) is 3.25. The number of carbonyl (C=O) groups excluding carboxylic acids is 2. The van der Waals surface area contributed by atoms with E-state index in [1.807, 2.05) is 61.5 Å². The Morgan fingerprint density at radius 2 is 1.61 bits per heavy atom. The smallest absolute Gasteiger partial charge is 0.253 e. The molecule has 3 aromatic rings. The van der Waals surface area contributed by atoms with Gasteiger partial charge in [-0.3, -0.25) is 9.59 Å². The van der Waals surface area contributed by atoms with Gasteiger partial charge in [0.15, 0.2) is 0 Å². The average molecular weight is 416 g/mol. The van der Waals surface area contributed by atoms with Gasteiger partial charge in [0, 0.05) is 31.1 Å². The minimum absolute atomic E-state index is 0.0634. The standard InChI is InChI=1S/C26H25FN2O2/c1-18-7-5-6-10-22(18)23-16-29(26(31)20-11-13-21(27)14-12-20)17-24(23)25(30)28-15-19-8-3-2-4-9-19/h2-14,23-24H,15-17H2,1H3,(H,28,30). The van der Waals surface area contributed by atoms with Crippen LogP contribution in [0.25, 0.3) is 0 Å². The number of nitrogens with one attached hydrogen (secondary N) is 1. The Balaban J connectivity index is 1.56. The van der Waals surface area contributed by atoms with Crippen LogP contribution in [0.4, 0.5) is 4.39 Å². The van der Waals surface area contributed by atoms with E-state index in [1.165, 1.54) is 24.3 Å². The molecule has 1 N–H and O–H groups in total. The molecule has 4 rings (SSSR count). The van der Waals surface area contributed by atoms with E-state index in [0.717, 1.165) is 16.7 Å². The van der Waals surface area contributed by atoms with E-state index in [2.05, 4.69) is 5.32 Å². The lowest BCUT2D eigenvalue weighted by Crippen LogP contribution is -2.35. The van der Waals surface area contributed by atoms with Crippen LogP contribution in [-0.2, 0) is 11.3 Å². The summed E-state index contributed by atoms with van der Waals surface area (Å²) in [6.07, 6.45) is 0. The zero-order chi connectivity index (χ0) is 21.8. The number of hydrogen-bond acceptors (Lipinski definition) is 2. The summed E-state index contributed by atoms with van der Waals surface area (Å²) in [5.74, 6) is -1.08. The summed E-state index contributed by atoms with van der Waals surface area (Å²) in [4.78, 5) is 27.9. The van der Waals surface area contributed by atoms with E-state index in [-0.39, 0.29) is 29.5 Å². The van der Waals surface area contributed by atoms with Crippen molar-refractivity contribution in [2.45, 2.75) is 19.4 Å². The fourth-order valence-corrected chi connectivity index (χ4v) is 4.24. The maximum absolute atomic E-state index is 13.3. The molecule has 0 aliphatic carbocycles. The van der Waals surface area contributed by atoms with Crippen LogP contribution in [0, 0.1) is 18.7 Å². The Hall–Kier alpha value is -3.47. The van der Waals surface area contributed by atoms with E-state index in [9.17, 15) is 14.0 Å². The van der Waals surface area contributed by atoms with Crippen LogP contribution in [0.3, 0.4) is 0 Å². The van der Waals surface area contributed by atoms with Gasteiger partial charge in [-0.05, 0) is 47.9 Å². The Kier molecular flexibility index (Phi) is 6.12. The third kappa shape index (κ3) is 4.66. The van der Waals surface area contributed by atoms with Gasteiger partial charge in [0.05, 0.1) is 5.92 Å². The molecule has 2 amide bonds. The molecule has 3 aromatic carbocycles. The molecule has 0 saturated carbocycles. The van der Waals surface area contributed by atoms with Crippen LogP contribution in [0.1, 0.15) is 33.0 Å². The number of nitrogens with zero attached hydrogens (tertiary/aromatic N) is 1. The lowest BCUT2D eigenvalue weighted by Gasteiger charge is -2.20. The summed E-state index contributed by atoms with van der Waals surface area (Å²) in [5, 5.41) is 3.04. The molecule has 158 valence electrons. The topological polar surface area (TPSA) is 49.4 Å². The second-order valence-electron chi connectivity index (χ2n) is 7.99. The van der Waals surface area contributed by atoms with Gasteiger partial charge in [0.1, 0.15) is 5.82 Å². The number of carbonyl (C=O) groups is 2. The highest BCUT2D eigenvalue weighted by Gasteiger charge is 2.41. The van der Waals surface area contributed by atoms with Gasteiger partial charge in [-0.25, -0.2) is 4.39 Å². The van der Waals surface area contributed by atoms with Crippen LogP contribution in [0.15, 0.2) is 78.9 Å². The summed E-state index contributed by atoms with van der Waals surface area (Å²) in [7, 11) is 0. The minimum Gasteiger partial charge on any atom is -0.352 e. The molecule has 31 heavy (non-hydrogen) atoms. The minimum atomic E-state index is -0.381. The van der Waals surface area contributed by atoms with E-state index >= 15 is 0 Å². The molecule has 2 atom stereocenters. The number of aryl methyl sites for hydroxylation is 1. The van der Waals surface area contributed by atoms with E-state index in [1.54, 1.807) is 4.90 Å². The molecule has 1 aliphatic rings. The Morgan fingerprint density at radius 1 is 0.935 bits per heavy atom. The van der Waals surface area contributed by atoms with Crippen molar-refractivity contribution >= 4 is 11.8 Å². The number of amides is 2. The molecule has 0 bridgehead atoms. The number of hydrogen-bond donors (Lipinski definition) is 1. The van der Waals surface area contributed by atoms with E-state index in [0.29, 0.717) is 25.2 Å². The fraction of sp³-hybridized carbons (Fsp3) is 0.231. The van der Waals surface area contributed by atoms with Crippen molar-refractivity contribution < 1.29 is 14.0 Å². The first-order valence-corrected chi connectivity index (χ1v) is 10.4. The van der Waals surface area contributed by atoms with E-state index in [4.69, 9.17) is 0 Å². The van der Waals surface area contributed by atoms with Gasteiger partial charge in [0.2, 0.25) is 5.91 Å². The van der Waals surface area contributed by atoms with E-state index < -0.39 is 0 Å². The maximum atomic E-state index is 13.3. The van der Waals surface area contributed by atoms with Gasteiger partial charge < -0.3 is 10.2 Å². The fourth-order valence-electron chi connectivity index (χ4n) is 4.24. The third-order valence-corrected chi connectivity index (χ3v) is 5.93. The molecule has 0 spiro atoms. The first-order chi connectivity index (χ1) is 15.0. The zero-order valence-corrected chi connectivity index (χ0v) is 17.4. The predicted molar refractivity (Wildman–Crippen MR) is 118 cm³/mol. The van der Waals surface area contributed by atoms with Crippen LogP contribution in [-0.4, -0.2) is 29.8 Å². The Bertz CT molecular complexity index is 1070. The summed E-state index contributed by atoms with van der Waals surface area (Å²) < 4.78 is 13.3. The number of likely N-dealkylation sites (tertiary alicyclic amines) is 1.